The van der Waals surface area contributed by atoms with E-state index in [9.17, 15) is 9.59 Å². The van der Waals surface area contributed by atoms with Gasteiger partial charge < -0.3 is 20.0 Å². The van der Waals surface area contributed by atoms with Crippen molar-refractivity contribution >= 4 is 23.3 Å². The van der Waals surface area contributed by atoms with Crippen molar-refractivity contribution in [2.75, 3.05) is 16.8 Å². The summed E-state index contributed by atoms with van der Waals surface area (Å²) >= 11 is 0. The molecule has 132 valence electrons. The van der Waals surface area contributed by atoms with Gasteiger partial charge in [0, 0.05) is 36.8 Å². The lowest BCUT2D eigenvalue weighted by Crippen LogP contribution is -2.36. The number of furan rings is 1. The van der Waals surface area contributed by atoms with E-state index < -0.39 is 0 Å². The number of aryl methyl sites for hydroxylation is 1. The van der Waals surface area contributed by atoms with Crippen LogP contribution in [0.4, 0.5) is 16.2 Å². The lowest BCUT2D eigenvalue weighted by molar-refractivity contribution is -0.117. The van der Waals surface area contributed by atoms with Crippen LogP contribution in [0.1, 0.15) is 31.9 Å². The van der Waals surface area contributed by atoms with Gasteiger partial charge in [-0.05, 0) is 56.2 Å². The first-order valence-electron chi connectivity index (χ1n) is 8.62. The summed E-state index contributed by atoms with van der Waals surface area (Å²) in [5, 5.41) is 5.73. The molecule has 0 aliphatic carbocycles. The van der Waals surface area contributed by atoms with Crippen LogP contribution < -0.4 is 15.5 Å². The van der Waals surface area contributed by atoms with Gasteiger partial charge in [-0.3, -0.25) is 4.79 Å². The number of nitrogens with one attached hydrogen (secondary N) is 2. The van der Waals surface area contributed by atoms with E-state index in [2.05, 4.69) is 10.6 Å². The minimum absolute atomic E-state index is 0.0339. The Morgan fingerprint density at radius 3 is 2.72 bits per heavy atom. The molecule has 6 nitrogen and oxygen atoms in total. The highest BCUT2D eigenvalue weighted by Crippen LogP contribution is 2.23. The van der Waals surface area contributed by atoms with Gasteiger partial charge in [0.25, 0.3) is 0 Å². The van der Waals surface area contributed by atoms with Crippen molar-refractivity contribution in [3.8, 4) is 0 Å². The van der Waals surface area contributed by atoms with Crippen LogP contribution in [0.2, 0.25) is 0 Å². The first-order chi connectivity index (χ1) is 12.1. The molecule has 1 aromatic heterocycles. The first-order valence-corrected chi connectivity index (χ1v) is 8.62. The number of rotatable bonds is 6. The van der Waals surface area contributed by atoms with Gasteiger partial charge in [0.2, 0.25) is 5.91 Å². The SMILES string of the molecule is C[C@@H](CCc1ccco1)NC(=O)Nc1ccc(N2CCCC2=O)cc1. The van der Waals surface area contributed by atoms with Crippen LogP contribution in [-0.4, -0.2) is 24.5 Å². The number of amides is 3. The molecule has 25 heavy (non-hydrogen) atoms. The topological polar surface area (TPSA) is 74.6 Å². The average Bonchev–Trinajstić information content (AvgIpc) is 3.25. The number of benzene rings is 1. The van der Waals surface area contributed by atoms with Crippen LogP contribution >= 0.6 is 0 Å². The fraction of sp³-hybridized carbons (Fsp3) is 0.368. The maximum atomic E-state index is 12.1. The van der Waals surface area contributed by atoms with Crippen LogP contribution in [0.3, 0.4) is 0 Å². The summed E-state index contributed by atoms with van der Waals surface area (Å²) in [5.74, 6) is 1.07. The summed E-state index contributed by atoms with van der Waals surface area (Å²) in [7, 11) is 0. The van der Waals surface area contributed by atoms with Crippen molar-refractivity contribution in [3.05, 3.63) is 48.4 Å². The van der Waals surface area contributed by atoms with Crippen molar-refractivity contribution in [2.24, 2.45) is 0 Å². The second-order valence-corrected chi connectivity index (χ2v) is 6.31. The molecular formula is C19H23N3O3. The highest BCUT2D eigenvalue weighted by atomic mass is 16.3. The van der Waals surface area contributed by atoms with Gasteiger partial charge in [-0.2, -0.15) is 0 Å². The third-order valence-corrected chi connectivity index (χ3v) is 4.29. The molecule has 1 fully saturated rings. The molecule has 1 aliphatic rings. The lowest BCUT2D eigenvalue weighted by atomic mass is 10.1. The maximum absolute atomic E-state index is 12.1. The number of carbonyl (C=O) groups is 2. The molecule has 1 saturated heterocycles. The van der Waals surface area contributed by atoms with Crippen molar-refractivity contribution in [2.45, 2.75) is 38.6 Å². The molecule has 0 saturated carbocycles. The number of hydrogen-bond acceptors (Lipinski definition) is 3. The summed E-state index contributed by atoms with van der Waals surface area (Å²) in [5.41, 5.74) is 1.58. The number of urea groups is 1. The van der Waals surface area contributed by atoms with E-state index in [-0.39, 0.29) is 18.0 Å². The Hall–Kier alpha value is -2.76. The molecule has 0 bridgehead atoms. The van der Waals surface area contributed by atoms with E-state index in [1.54, 1.807) is 11.2 Å². The predicted octanol–water partition coefficient (Wildman–Crippen LogP) is 3.55. The Balaban J connectivity index is 1.46. The molecule has 1 atom stereocenters. The third kappa shape index (κ3) is 4.62. The smallest absolute Gasteiger partial charge is 0.319 e. The average molecular weight is 341 g/mol. The Labute approximate surface area is 147 Å². The van der Waals surface area contributed by atoms with Gasteiger partial charge in [0.05, 0.1) is 6.26 Å². The Bertz CT molecular complexity index is 710. The molecule has 3 rings (SSSR count). The quantitative estimate of drug-likeness (QED) is 0.844. The zero-order valence-corrected chi connectivity index (χ0v) is 14.3. The van der Waals surface area contributed by atoms with Crippen LogP contribution in [0.25, 0.3) is 0 Å². The van der Waals surface area contributed by atoms with Crippen LogP contribution in [0.15, 0.2) is 47.1 Å². The Kier molecular flexibility index (Phi) is 5.38. The van der Waals surface area contributed by atoms with Gasteiger partial charge in [0.15, 0.2) is 0 Å². The van der Waals surface area contributed by atoms with Crippen LogP contribution in [0, 0.1) is 0 Å². The van der Waals surface area contributed by atoms with Gasteiger partial charge >= 0.3 is 6.03 Å². The fourth-order valence-corrected chi connectivity index (χ4v) is 2.92. The van der Waals surface area contributed by atoms with E-state index in [4.69, 9.17) is 4.42 Å². The number of carbonyl (C=O) groups excluding carboxylic acids is 2. The zero-order chi connectivity index (χ0) is 17.6. The Morgan fingerprint density at radius 2 is 2.08 bits per heavy atom. The van der Waals surface area contributed by atoms with Gasteiger partial charge in [-0.15, -0.1) is 0 Å². The van der Waals surface area contributed by atoms with E-state index in [1.165, 1.54) is 0 Å². The molecule has 6 heteroatoms. The molecule has 0 unspecified atom stereocenters. The Morgan fingerprint density at radius 1 is 1.28 bits per heavy atom. The van der Waals surface area contributed by atoms with E-state index >= 15 is 0 Å². The highest BCUT2D eigenvalue weighted by Gasteiger charge is 2.21. The van der Waals surface area contributed by atoms with E-state index in [0.29, 0.717) is 12.1 Å². The predicted molar refractivity (Wildman–Crippen MR) is 96.7 cm³/mol. The van der Waals surface area contributed by atoms with Crippen molar-refractivity contribution < 1.29 is 14.0 Å². The van der Waals surface area contributed by atoms with Gasteiger partial charge in [0.1, 0.15) is 5.76 Å². The number of anilines is 2. The van der Waals surface area contributed by atoms with Crippen molar-refractivity contribution in [1.29, 1.82) is 0 Å². The molecule has 2 aromatic rings. The number of hydrogen-bond donors (Lipinski definition) is 2. The molecule has 0 radical (unpaired) electrons. The third-order valence-electron chi connectivity index (χ3n) is 4.29. The zero-order valence-electron chi connectivity index (χ0n) is 14.3. The van der Waals surface area contributed by atoms with Crippen LogP contribution in [-0.2, 0) is 11.2 Å². The van der Waals surface area contributed by atoms with Gasteiger partial charge in [-0.25, -0.2) is 4.79 Å². The first kappa shape index (κ1) is 17.1. The number of nitrogens with zero attached hydrogens (tertiary/aromatic N) is 1. The normalized spacial score (nSPS) is 15.2. The standard InChI is InChI=1S/C19H23N3O3/c1-14(6-11-17-4-3-13-25-17)20-19(24)21-15-7-9-16(10-8-15)22-12-2-5-18(22)23/h3-4,7-10,13-14H,2,5-6,11-12H2,1H3,(H2,20,21,24)/t14-/m0/s1. The second kappa shape index (κ2) is 7.88. The molecular weight excluding hydrogens is 318 g/mol. The molecule has 2 heterocycles. The van der Waals surface area contributed by atoms with Crippen LogP contribution in [0.5, 0.6) is 0 Å². The van der Waals surface area contributed by atoms with Gasteiger partial charge in [-0.1, -0.05) is 0 Å². The molecule has 3 amide bonds. The van der Waals surface area contributed by atoms with Crippen molar-refractivity contribution in [1.82, 2.24) is 5.32 Å². The highest BCUT2D eigenvalue weighted by molar-refractivity contribution is 5.96. The molecule has 0 spiro atoms. The molecule has 2 N–H and O–H groups in total. The monoisotopic (exact) mass is 341 g/mol. The summed E-state index contributed by atoms with van der Waals surface area (Å²) in [6.45, 7) is 2.73. The van der Waals surface area contributed by atoms with E-state index in [1.807, 2.05) is 43.3 Å². The molecule has 1 aliphatic heterocycles. The molecule has 1 aromatic carbocycles. The van der Waals surface area contributed by atoms with E-state index in [0.717, 1.165) is 37.3 Å². The largest absolute Gasteiger partial charge is 0.469 e. The second-order valence-electron chi connectivity index (χ2n) is 6.31. The summed E-state index contributed by atoms with van der Waals surface area (Å²) in [6.07, 6.45) is 4.75. The lowest BCUT2D eigenvalue weighted by Gasteiger charge is -2.17. The fourth-order valence-electron chi connectivity index (χ4n) is 2.92. The maximum Gasteiger partial charge on any atom is 0.319 e. The minimum Gasteiger partial charge on any atom is -0.469 e. The van der Waals surface area contributed by atoms with Crippen molar-refractivity contribution in [3.63, 3.8) is 0 Å². The summed E-state index contributed by atoms with van der Waals surface area (Å²) in [6, 6.07) is 10.9. The summed E-state index contributed by atoms with van der Waals surface area (Å²) < 4.78 is 5.29. The summed E-state index contributed by atoms with van der Waals surface area (Å²) in [4.78, 5) is 25.6. The minimum atomic E-state index is -0.239.